The lowest BCUT2D eigenvalue weighted by Gasteiger charge is -2.41. The van der Waals surface area contributed by atoms with Crippen LogP contribution in [0.3, 0.4) is 0 Å². The number of aryl methyl sites for hydroxylation is 1. The summed E-state index contributed by atoms with van der Waals surface area (Å²) >= 11 is 1.76. The van der Waals surface area contributed by atoms with Gasteiger partial charge in [0.2, 0.25) is 0 Å². The van der Waals surface area contributed by atoms with E-state index in [-0.39, 0.29) is 6.61 Å². The van der Waals surface area contributed by atoms with E-state index in [4.69, 9.17) is 9.47 Å². The van der Waals surface area contributed by atoms with Crippen molar-refractivity contribution in [3.05, 3.63) is 39.8 Å². The molecule has 1 aliphatic heterocycles. The summed E-state index contributed by atoms with van der Waals surface area (Å²) in [6.45, 7) is 6.96. The lowest BCUT2D eigenvalue weighted by molar-refractivity contribution is 0.0503. The second-order valence-corrected chi connectivity index (χ2v) is 8.26. The molecule has 1 aliphatic rings. The molecule has 1 N–H and O–H groups in total. The molecule has 3 rings (SSSR count). The molecule has 0 amide bonds. The first-order valence-corrected chi connectivity index (χ1v) is 10.1. The zero-order valence-corrected chi connectivity index (χ0v) is 17.2. The third-order valence-corrected chi connectivity index (χ3v) is 5.89. The molecule has 1 atom stereocenters. The van der Waals surface area contributed by atoms with Crippen LogP contribution in [0, 0.1) is 6.92 Å². The van der Waals surface area contributed by atoms with Gasteiger partial charge in [0.05, 0.1) is 19.2 Å². The molecule has 0 bridgehead atoms. The average Bonchev–Trinajstić information content (AvgIpc) is 3.08. The van der Waals surface area contributed by atoms with E-state index in [9.17, 15) is 5.11 Å². The first-order chi connectivity index (χ1) is 13.1. The van der Waals surface area contributed by atoms with E-state index in [0.29, 0.717) is 6.04 Å². The Kier molecular flexibility index (Phi) is 7.07. The average molecular weight is 392 g/mol. The van der Waals surface area contributed by atoms with Crippen molar-refractivity contribution < 1.29 is 14.6 Å². The van der Waals surface area contributed by atoms with Crippen LogP contribution in [0.25, 0.3) is 0 Å². The maximum atomic E-state index is 9.55. The van der Waals surface area contributed by atoms with Gasteiger partial charge in [-0.05, 0) is 31.0 Å². The van der Waals surface area contributed by atoms with Gasteiger partial charge in [-0.3, -0.25) is 9.80 Å². The highest BCUT2D eigenvalue weighted by Gasteiger charge is 2.27. The molecule has 2 heterocycles. The van der Waals surface area contributed by atoms with E-state index in [1.54, 1.807) is 25.6 Å². The quantitative estimate of drug-likeness (QED) is 0.746. The second kappa shape index (κ2) is 9.50. The molecule has 1 aromatic heterocycles. The molecule has 1 aromatic carbocycles. The number of methoxy groups -OCH3 is 2. The molecule has 148 valence electrons. The zero-order valence-electron chi connectivity index (χ0n) is 16.4. The highest BCUT2D eigenvalue weighted by atomic mass is 32.1. The summed E-state index contributed by atoms with van der Waals surface area (Å²) in [5.41, 5.74) is 1.17. The van der Waals surface area contributed by atoms with Crippen LogP contribution in [-0.2, 0) is 13.1 Å². The number of piperazine rings is 1. The lowest BCUT2D eigenvalue weighted by atomic mass is 10.1. The Morgan fingerprint density at radius 3 is 2.48 bits per heavy atom. The second-order valence-electron chi connectivity index (χ2n) is 6.94. The summed E-state index contributed by atoms with van der Waals surface area (Å²) in [7, 11) is 3.35. The molecule has 0 radical (unpaired) electrons. The maximum Gasteiger partial charge on any atom is 0.122 e. The monoisotopic (exact) mass is 391 g/mol. The van der Waals surface area contributed by atoms with Gasteiger partial charge >= 0.3 is 0 Å². The third-order valence-electron chi connectivity index (χ3n) is 5.00. The zero-order chi connectivity index (χ0) is 19.2. The Bertz CT molecular complexity index is 715. The number of hydrogen-bond donors (Lipinski definition) is 1. The predicted molar refractivity (Wildman–Crippen MR) is 108 cm³/mol. The number of nitrogens with zero attached hydrogens (tertiary/aromatic N) is 3. The molecule has 27 heavy (non-hydrogen) atoms. The summed E-state index contributed by atoms with van der Waals surface area (Å²) in [6, 6.07) is 6.34. The Labute approximate surface area is 165 Å². The van der Waals surface area contributed by atoms with Gasteiger partial charge in [-0.15, -0.1) is 11.3 Å². The summed E-state index contributed by atoms with van der Waals surface area (Å²) in [6.07, 6.45) is 2.76. The molecule has 0 unspecified atom stereocenters. The molecule has 1 fully saturated rings. The van der Waals surface area contributed by atoms with Gasteiger partial charge in [0.1, 0.15) is 11.5 Å². The van der Waals surface area contributed by atoms with Crippen LogP contribution >= 0.6 is 11.3 Å². The van der Waals surface area contributed by atoms with E-state index in [0.717, 1.165) is 55.7 Å². The minimum Gasteiger partial charge on any atom is -0.497 e. The van der Waals surface area contributed by atoms with E-state index in [1.807, 2.05) is 19.2 Å². The van der Waals surface area contributed by atoms with Crippen molar-refractivity contribution in [1.29, 1.82) is 0 Å². The Balaban J connectivity index is 1.67. The van der Waals surface area contributed by atoms with Crippen molar-refractivity contribution in [2.75, 3.05) is 40.5 Å². The Hall–Kier alpha value is -1.67. The number of benzene rings is 1. The van der Waals surface area contributed by atoms with E-state index < -0.39 is 0 Å². The first-order valence-electron chi connectivity index (χ1n) is 9.31. The fourth-order valence-electron chi connectivity index (χ4n) is 3.62. The number of aliphatic hydroxyl groups excluding tert-OH is 1. The number of rotatable bonds is 8. The smallest absolute Gasteiger partial charge is 0.122 e. The fraction of sp³-hybridized carbons (Fsp3) is 0.550. The molecular weight excluding hydrogens is 362 g/mol. The number of thiazole rings is 1. The highest BCUT2D eigenvalue weighted by Crippen LogP contribution is 2.26. The van der Waals surface area contributed by atoms with Gasteiger partial charge in [0.25, 0.3) is 0 Å². The van der Waals surface area contributed by atoms with Crippen LogP contribution in [-0.4, -0.2) is 66.4 Å². The first kappa shape index (κ1) is 20.1. The van der Waals surface area contributed by atoms with Crippen LogP contribution in [0.15, 0.2) is 24.4 Å². The van der Waals surface area contributed by atoms with Crippen molar-refractivity contribution in [3.63, 3.8) is 0 Å². The van der Waals surface area contributed by atoms with Crippen molar-refractivity contribution >= 4 is 11.3 Å². The number of ether oxygens (including phenoxy) is 2. The fourth-order valence-corrected chi connectivity index (χ4v) is 4.46. The predicted octanol–water partition coefficient (Wildman–Crippen LogP) is 2.54. The Morgan fingerprint density at radius 2 is 1.89 bits per heavy atom. The normalized spacial score (nSPS) is 18.6. The van der Waals surface area contributed by atoms with Crippen molar-refractivity contribution in [1.82, 2.24) is 14.8 Å². The molecular formula is C20H29N3O3S. The van der Waals surface area contributed by atoms with Crippen LogP contribution in [0.1, 0.15) is 21.9 Å². The van der Waals surface area contributed by atoms with Crippen molar-refractivity contribution in [2.45, 2.75) is 32.5 Å². The minimum atomic E-state index is 0.204. The third kappa shape index (κ3) is 5.42. The van der Waals surface area contributed by atoms with Crippen LogP contribution in [0.5, 0.6) is 11.5 Å². The van der Waals surface area contributed by atoms with Gasteiger partial charge in [0.15, 0.2) is 0 Å². The minimum absolute atomic E-state index is 0.204. The number of hydrogen-bond acceptors (Lipinski definition) is 7. The van der Waals surface area contributed by atoms with Crippen LogP contribution in [0.2, 0.25) is 0 Å². The van der Waals surface area contributed by atoms with Crippen molar-refractivity contribution in [2.24, 2.45) is 0 Å². The summed E-state index contributed by atoms with van der Waals surface area (Å²) in [5.74, 6) is 1.62. The topological polar surface area (TPSA) is 58.1 Å². The molecule has 7 heteroatoms. The lowest BCUT2D eigenvalue weighted by Crippen LogP contribution is -2.52. The van der Waals surface area contributed by atoms with Gasteiger partial charge in [-0.2, -0.15) is 0 Å². The molecule has 6 nitrogen and oxygen atoms in total. The molecule has 0 aliphatic carbocycles. The highest BCUT2D eigenvalue weighted by molar-refractivity contribution is 7.11. The molecule has 1 saturated heterocycles. The van der Waals surface area contributed by atoms with Crippen molar-refractivity contribution in [3.8, 4) is 11.5 Å². The van der Waals surface area contributed by atoms with E-state index in [1.165, 1.54) is 10.4 Å². The van der Waals surface area contributed by atoms with Gasteiger partial charge < -0.3 is 14.6 Å². The van der Waals surface area contributed by atoms with Crippen LogP contribution in [0.4, 0.5) is 0 Å². The van der Waals surface area contributed by atoms with Crippen LogP contribution < -0.4 is 9.47 Å². The van der Waals surface area contributed by atoms with E-state index in [2.05, 4.69) is 26.9 Å². The number of aliphatic hydroxyl groups is 1. The molecule has 0 spiro atoms. The molecule has 0 saturated carbocycles. The summed E-state index contributed by atoms with van der Waals surface area (Å²) in [4.78, 5) is 10.6. The van der Waals surface area contributed by atoms with Gasteiger partial charge in [-0.1, -0.05) is 0 Å². The van der Waals surface area contributed by atoms with Gasteiger partial charge in [0, 0.05) is 62.5 Å². The number of aromatic nitrogens is 1. The summed E-state index contributed by atoms with van der Waals surface area (Å²) < 4.78 is 10.8. The van der Waals surface area contributed by atoms with E-state index >= 15 is 0 Å². The maximum absolute atomic E-state index is 9.55. The van der Waals surface area contributed by atoms with Gasteiger partial charge in [-0.25, -0.2) is 4.98 Å². The largest absolute Gasteiger partial charge is 0.497 e. The summed E-state index contributed by atoms with van der Waals surface area (Å²) in [5, 5.41) is 10.7. The standard InChI is InChI=1S/C20H29N3O3S/c1-15-21-11-20(27-15)14-22-5-6-23(17(13-22)4-7-24)12-16-8-18(25-2)10-19(9-16)26-3/h8-11,17,24H,4-7,12-14H2,1-3H3/t17-/m1/s1. The Morgan fingerprint density at radius 1 is 1.15 bits per heavy atom. The SMILES string of the molecule is COc1cc(CN2CCN(Cc3cnc(C)s3)C[C@H]2CCO)cc(OC)c1. The molecule has 2 aromatic rings.